The van der Waals surface area contributed by atoms with Gasteiger partial charge in [0.2, 0.25) is 0 Å². The van der Waals surface area contributed by atoms with Crippen LogP contribution in [0.5, 0.6) is 0 Å². The van der Waals surface area contributed by atoms with Crippen LogP contribution in [0.25, 0.3) is 0 Å². The minimum atomic E-state index is -0.100. The standard InChI is InChI=1S/C27H29N3O2/c1-19-7-6-8-21(17-19)18-28-26(31)24-12-11-20(2)29-25(24)22-13-15-30(16-14-22)27(32)23-9-4-3-5-10-23/h3-12,17,22H,13-16,18H2,1-2H3,(H,28,31). The molecular weight excluding hydrogens is 398 g/mol. The van der Waals surface area contributed by atoms with Gasteiger partial charge < -0.3 is 10.2 Å². The van der Waals surface area contributed by atoms with E-state index < -0.39 is 0 Å². The Morgan fingerprint density at radius 1 is 0.969 bits per heavy atom. The fourth-order valence-corrected chi connectivity index (χ4v) is 4.30. The highest BCUT2D eigenvalue weighted by molar-refractivity contribution is 5.95. The summed E-state index contributed by atoms with van der Waals surface area (Å²) >= 11 is 0. The number of aromatic nitrogens is 1. The number of nitrogens with zero attached hydrogens (tertiary/aromatic N) is 2. The maximum Gasteiger partial charge on any atom is 0.253 e. The zero-order chi connectivity index (χ0) is 22.5. The van der Waals surface area contributed by atoms with Crippen molar-refractivity contribution in [2.75, 3.05) is 13.1 Å². The molecule has 1 aromatic heterocycles. The largest absolute Gasteiger partial charge is 0.348 e. The van der Waals surface area contributed by atoms with Gasteiger partial charge in [-0.05, 0) is 56.5 Å². The third-order valence-corrected chi connectivity index (χ3v) is 6.03. The number of pyridine rings is 1. The van der Waals surface area contributed by atoms with E-state index >= 15 is 0 Å². The minimum absolute atomic E-state index is 0.0670. The third kappa shape index (κ3) is 5.05. The molecule has 1 N–H and O–H groups in total. The first-order chi connectivity index (χ1) is 15.5. The number of amides is 2. The number of likely N-dealkylation sites (tertiary alicyclic amines) is 1. The highest BCUT2D eigenvalue weighted by Gasteiger charge is 2.28. The molecule has 0 bridgehead atoms. The van der Waals surface area contributed by atoms with Crippen LogP contribution in [0.3, 0.4) is 0 Å². The molecule has 0 spiro atoms. The monoisotopic (exact) mass is 427 g/mol. The fraction of sp³-hybridized carbons (Fsp3) is 0.296. The van der Waals surface area contributed by atoms with Gasteiger partial charge in [-0.1, -0.05) is 48.0 Å². The van der Waals surface area contributed by atoms with Gasteiger partial charge in [0.15, 0.2) is 0 Å². The molecule has 0 saturated carbocycles. The molecule has 1 saturated heterocycles. The van der Waals surface area contributed by atoms with Gasteiger partial charge in [-0.3, -0.25) is 14.6 Å². The number of hydrogen-bond donors (Lipinski definition) is 1. The fourth-order valence-electron chi connectivity index (χ4n) is 4.30. The summed E-state index contributed by atoms with van der Waals surface area (Å²) in [4.78, 5) is 32.4. The second kappa shape index (κ2) is 9.77. The van der Waals surface area contributed by atoms with Crippen LogP contribution < -0.4 is 5.32 Å². The highest BCUT2D eigenvalue weighted by atomic mass is 16.2. The van der Waals surface area contributed by atoms with E-state index in [1.807, 2.05) is 79.4 Å². The van der Waals surface area contributed by atoms with Gasteiger partial charge in [0, 0.05) is 36.8 Å². The Bertz CT molecular complexity index is 1100. The summed E-state index contributed by atoms with van der Waals surface area (Å²) in [5.41, 5.74) is 5.35. The smallest absolute Gasteiger partial charge is 0.253 e. The molecule has 2 amide bonds. The third-order valence-electron chi connectivity index (χ3n) is 6.03. The van der Waals surface area contributed by atoms with Crippen molar-refractivity contribution in [3.8, 4) is 0 Å². The van der Waals surface area contributed by atoms with E-state index in [0.717, 1.165) is 35.4 Å². The van der Waals surface area contributed by atoms with E-state index in [0.29, 0.717) is 25.2 Å². The Morgan fingerprint density at radius 3 is 2.44 bits per heavy atom. The molecule has 32 heavy (non-hydrogen) atoms. The molecule has 4 rings (SSSR count). The minimum Gasteiger partial charge on any atom is -0.348 e. The Hall–Kier alpha value is -3.47. The van der Waals surface area contributed by atoms with E-state index in [9.17, 15) is 9.59 Å². The quantitative estimate of drug-likeness (QED) is 0.645. The molecule has 1 fully saturated rings. The van der Waals surface area contributed by atoms with E-state index in [4.69, 9.17) is 4.98 Å². The van der Waals surface area contributed by atoms with E-state index in [-0.39, 0.29) is 17.7 Å². The van der Waals surface area contributed by atoms with Gasteiger partial charge >= 0.3 is 0 Å². The number of rotatable bonds is 5. The Labute approximate surface area is 189 Å². The maximum atomic E-state index is 13.0. The topological polar surface area (TPSA) is 62.3 Å². The summed E-state index contributed by atoms with van der Waals surface area (Å²) in [6, 6.07) is 21.3. The summed E-state index contributed by atoms with van der Waals surface area (Å²) in [6.45, 7) is 5.81. The van der Waals surface area contributed by atoms with E-state index in [1.165, 1.54) is 5.56 Å². The van der Waals surface area contributed by atoms with Crippen molar-refractivity contribution in [3.05, 3.63) is 100 Å². The molecule has 0 radical (unpaired) electrons. The summed E-state index contributed by atoms with van der Waals surface area (Å²) in [5, 5.41) is 3.05. The lowest BCUT2D eigenvalue weighted by Gasteiger charge is -2.32. The normalized spacial score (nSPS) is 14.2. The molecule has 2 aromatic carbocycles. The molecule has 5 nitrogen and oxygen atoms in total. The second-order valence-electron chi connectivity index (χ2n) is 8.49. The molecule has 3 aromatic rings. The summed E-state index contributed by atoms with van der Waals surface area (Å²) in [6.07, 6.45) is 1.60. The van der Waals surface area contributed by atoms with Crippen LogP contribution in [0.15, 0.2) is 66.7 Å². The molecule has 164 valence electrons. The number of benzene rings is 2. The zero-order valence-electron chi connectivity index (χ0n) is 18.7. The van der Waals surface area contributed by atoms with Crippen molar-refractivity contribution >= 4 is 11.8 Å². The predicted molar refractivity (Wildman–Crippen MR) is 126 cm³/mol. The van der Waals surface area contributed by atoms with Gasteiger partial charge in [-0.25, -0.2) is 0 Å². The number of nitrogens with one attached hydrogen (secondary N) is 1. The number of hydrogen-bond acceptors (Lipinski definition) is 3. The van der Waals surface area contributed by atoms with E-state index in [2.05, 4.69) is 11.4 Å². The predicted octanol–water partition coefficient (Wildman–Crippen LogP) is 4.65. The lowest BCUT2D eigenvalue weighted by atomic mass is 9.89. The first kappa shape index (κ1) is 21.8. The van der Waals surface area contributed by atoms with Gasteiger partial charge in [0.1, 0.15) is 0 Å². The molecule has 0 unspecified atom stereocenters. The number of carbonyl (C=O) groups is 2. The van der Waals surface area contributed by atoms with Crippen LogP contribution in [-0.4, -0.2) is 34.8 Å². The SMILES string of the molecule is Cc1cccc(CNC(=O)c2ccc(C)nc2C2CCN(C(=O)c3ccccc3)CC2)c1. The first-order valence-corrected chi connectivity index (χ1v) is 11.2. The number of piperidine rings is 1. The van der Waals surface area contributed by atoms with Crippen molar-refractivity contribution in [3.63, 3.8) is 0 Å². The Morgan fingerprint density at radius 2 is 1.72 bits per heavy atom. The molecule has 0 atom stereocenters. The van der Waals surface area contributed by atoms with Crippen molar-refractivity contribution < 1.29 is 9.59 Å². The molecule has 1 aliphatic heterocycles. The van der Waals surface area contributed by atoms with Crippen LogP contribution in [0, 0.1) is 13.8 Å². The molecule has 5 heteroatoms. The van der Waals surface area contributed by atoms with Crippen LogP contribution in [-0.2, 0) is 6.54 Å². The first-order valence-electron chi connectivity index (χ1n) is 11.2. The molecule has 1 aliphatic rings. The number of carbonyl (C=O) groups excluding carboxylic acids is 2. The average molecular weight is 428 g/mol. The summed E-state index contributed by atoms with van der Waals surface area (Å²) in [5.74, 6) is 0.128. The Kier molecular flexibility index (Phi) is 6.64. The summed E-state index contributed by atoms with van der Waals surface area (Å²) < 4.78 is 0. The van der Waals surface area contributed by atoms with Crippen molar-refractivity contribution in [2.24, 2.45) is 0 Å². The van der Waals surface area contributed by atoms with Crippen LogP contribution in [0.4, 0.5) is 0 Å². The van der Waals surface area contributed by atoms with Crippen LogP contribution >= 0.6 is 0 Å². The van der Waals surface area contributed by atoms with E-state index in [1.54, 1.807) is 0 Å². The molecular formula is C27H29N3O2. The summed E-state index contributed by atoms with van der Waals surface area (Å²) in [7, 11) is 0. The van der Waals surface area contributed by atoms with Crippen LogP contribution in [0.1, 0.15) is 62.0 Å². The average Bonchev–Trinajstić information content (AvgIpc) is 2.83. The lowest BCUT2D eigenvalue weighted by Crippen LogP contribution is -2.38. The second-order valence-corrected chi connectivity index (χ2v) is 8.49. The Balaban J connectivity index is 1.44. The highest BCUT2D eigenvalue weighted by Crippen LogP contribution is 2.30. The number of aryl methyl sites for hydroxylation is 2. The van der Waals surface area contributed by atoms with Crippen molar-refractivity contribution in [1.82, 2.24) is 15.2 Å². The van der Waals surface area contributed by atoms with Gasteiger partial charge in [-0.15, -0.1) is 0 Å². The van der Waals surface area contributed by atoms with Gasteiger partial charge in [-0.2, -0.15) is 0 Å². The molecule has 2 heterocycles. The van der Waals surface area contributed by atoms with Crippen LogP contribution in [0.2, 0.25) is 0 Å². The van der Waals surface area contributed by atoms with Crippen molar-refractivity contribution in [2.45, 2.75) is 39.2 Å². The maximum absolute atomic E-state index is 13.0. The molecule has 0 aliphatic carbocycles. The van der Waals surface area contributed by atoms with Crippen molar-refractivity contribution in [1.29, 1.82) is 0 Å². The van der Waals surface area contributed by atoms with Gasteiger partial charge in [0.05, 0.1) is 11.3 Å². The zero-order valence-corrected chi connectivity index (χ0v) is 18.7. The lowest BCUT2D eigenvalue weighted by molar-refractivity contribution is 0.0710. The van der Waals surface area contributed by atoms with Gasteiger partial charge in [0.25, 0.3) is 11.8 Å².